The summed E-state index contributed by atoms with van der Waals surface area (Å²) in [5, 5.41) is 19.3. The highest BCUT2D eigenvalue weighted by atomic mass is 32.2. The molecule has 1 atom stereocenters. The molecule has 0 aliphatic rings. The normalized spacial score (nSPS) is 12.4. The molecule has 3 aromatic carbocycles. The maximum atomic E-state index is 10.4. The molecular weight excluding hydrogens is 466 g/mol. The van der Waals surface area contributed by atoms with Crippen LogP contribution < -0.4 is 11.1 Å². The second-order valence-electron chi connectivity index (χ2n) is 8.38. The number of aliphatic hydroxyl groups excluding tert-OH is 1. The molecule has 0 saturated carbocycles. The molecule has 6 nitrogen and oxygen atoms in total. The van der Waals surface area contributed by atoms with Crippen molar-refractivity contribution in [1.82, 2.24) is 20.1 Å². The van der Waals surface area contributed by atoms with Gasteiger partial charge in [0.1, 0.15) is 6.23 Å². The zero-order chi connectivity index (χ0) is 24.9. The Morgan fingerprint density at radius 2 is 1.81 bits per heavy atom. The van der Waals surface area contributed by atoms with Crippen LogP contribution in [0.5, 0.6) is 0 Å². The van der Waals surface area contributed by atoms with E-state index in [1.54, 1.807) is 25.0 Å². The summed E-state index contributed by atoms with van der Waals surface area (Å²) < 4.78 is 2.03. The van der Waals surface area contributed by atoms with Crippen molar-refractivity contribution in [2.45, 2.75) is 22.6 Å². The van der Waals surface area contributed by atoms with E-state index in [1.165, 1.54) is 0 Å². The summed E-state index contributed by atoms with van der Waals surface area (Å²) in [5.41, 5.74) is 11.4. The topological polar surface area (TPSA) is 89.0 Å². The van der Waals surface area contributed by atoms with Crippen LogP contribution >= 0.6 is 11.8 Å². The number of rotatable bonds is 8. The van der Waals surface area contributed by atoms with Crippen LogP contribution in [0.25, 0.3) is 23.1 Å². The predicted octanol–water partition coefficient (Wildman–Crippen LogP) is 5.59. The highest BCUT2D eigenvalue weighted by molar-refractivity contribution is 7.99. The summed E-state index contributed by atoms with van der Waals surface area (Å²) in [5.74, 6) is 0. The SMILES string of the molecule is CNC(O)c1ccccc1Sc1ccc2c(/C=C/c3ccccn3)nn(Cc3ccc(N)cc3)c2c1. The summed E-state index contributed by atoms with van der Waals surface area (Å²) in [4.78, 5) is 6.45. The van der Waals surface area contributed by atoms with Crippen molar-refractivity contribution in [2.24, 2.45) is 0 Å². The Morgan fingerprint density at radius 1 is 1.00 bits per heavy atom. The summed E-state index contributed by atoms with van der Waals surface area (Å²) >= 11 is 1.62. The third-order valence-electron chi connectivity index (χ3n) is 5.88. The Kier molecular flexibility index (Phi) is 7.13. The average molecular weight is 494 g/mol. The second-order valence-corrected chi connectivity index (χ2v) is 9.50. The number of nitrogens with one attached hydrogen (secondary N) is 1. The molecule has 180 valence electrons. The molecule has 0 aliphatic carbocycles. The number of pyridine rings is 1. The smallest absolute Gasteiger partial charge is 0.131 e. The maximum absolute atomic E-state index is 10.4. The lowest BCUT2D eigenvalue weighted by Gasteiger charge is -2.14. The molecule has 0 amide bonds. The van der Waals surface area contributed by atoms with E-state index in [-0.39, 0.29) is 0 Å². The molecule has 2 aromatic heterocycles. The summed E-state index contributed by atoms with van der Waals surface area (Å²) in [7, 11) is 1.74. The number of hydrogen-bond acceptors (Lipinski definition) is 6. The van der Waals surface area contributed by atoms with Gasteiger partial charge in [0.2, 0.25) is 0 Å². The van der Waals surface area contributed by atoms with Gasteiger partial charge in [0.15, 0.2) is 0 Å². The molecule has 1 unspecified atom stereocenters. The zero-order valence-electron chi connectivity index (χ0n) is 19.9. The van der Waals surface area contributed by atoms with Gasteiger partial charge in [-0.1, -0.05) is 48.2 Å². The van der Waals surface area contributed by atoms with Gasteiger partial charge in [-0.05, 0) is 73.3 Å². The van der Waals surface area contributed by atoms with Crippen molar-refractivity contribution < 1.29 is 5.11 Å². The van der Waals surface area contributed by atoms with Crippen molar-refractivity contribution in [3.8, 4) is 0 Å². The van der Waals surface area contributed by atoms with Crippen LogP contribution in [0.2, 0.25) is 0 Å². The van der Waals surface area contributed by atoms with E-state index in [9.17, 15) is 5.11 Å². The maximum Gasteiger partial charge on any atom is 0.131 e. The number of aromatic nitrogens is 3. The number of anilines is 1. The first-order chi connectivity index (χ1) is 17.6. The zero-order valence-corrected chi connectivity index (χ0v) is 20.7. The number of aliphatic hydroxyl groups is 1. The molecule has 0 saturated heterocycles. The standard InChI is InChI=1S/C29H27N5OS/c1-31-29(35)25-7-2-3-8-28(25)36-23-14-15-24-26(16-13-22-6-4-5-17-32-22)33-34(27(24)18-23)19-20-9-11-21(30)12-10-20/h2-18,29,31,35H,19,30H2,1H3/b16-13+. The second kappa shape index (κ2) is 10.8. The van der Waals surface area contributed by atoms with Gasteiger partial charge in [0, 0.05) is 32.6 Å². The number of fused-ring (bicyclic) bond motifs is 1. The fraction of sp³-hybridized carbons (Fsp3) is 0.103. The minimum Gasteiger partial charge on any atom is -0.399 e. The van der Waals surface area contributed by atoms with E-state index in [0.717, 1.165) is 48.9 Å². The van der Waals surface area contributed by atoms with E-state index in [1.807, 2.05) is 83.6 Å². The van der Waals surface area contributed by atoms with Crippen LogP contribution in [-0.4, -0.2) is 26.9 Å². The Labute approximate surface area is 214 Å². The van der Waals surface area contributed by atoms with Crippen molar-refractivity contribution in [3.63, 3.8) is 0 Å². The lowest BCUT2D eigenvalue weighted by atomic mass is 10.2. The molecule has 0 aliphatic heterocycles. The summed E-state index contributed by atoms with van der Waals surface area (Å²) in [6, 6.07) is 28.0. The monoisotopic (exact) mass is 493 g/mol. The number of hydrogen-bond donors (Lipinski definition) is 3. The lowest BCUT2D eigenvalue weighted by Crippen LogP contribution is -2.15. The van der Waals surface area contributed by atoms with Crippen LogP contribution in [0.4, 0.5) is 5.69 Å². The summed E-state index contributed by atoms with van der Waals surface area (Å²) in [6.07, 6.45) is 5.05. The number of nitrogen functional groups attached to an aromatic ring is 1. The van der Waals surface area contributed by atoms with Crippen molar-refractivity contribution in [1.29, 1.82) is 0 Å². The van der Waals surface area contributed by atoms with Crippen LogP contribution in [-0.2, 0) is 6.54 Å². The minimum atomic E-state index is -0.725. The average Bonchev–Trinajstić information content (AvgIpc) is 3.25. The van der Waals surface area contributed by atoms with E-state index < -0.39 is 6.23 Å². The van der Waals surface area contributed by atoms with Gasteiger partial charge in [-0.3, -0.25) is 15.0 Å². The Hall–Kier alpha value is -3.91. The van der Waals surface area contributed by atoms with Gasteiger partial charge in [-0.25, -0.2) is 0 Å². The Morgan fingerprint density at radius 3 is 2.58 bits per heavy atom. The molecule has 0 spiro atoms. The molecule has 0 bridgehead atoms. The largest absolute Gasteiger partial charge is 0.399 e. The molecule has 0 fully saturated rings. The number of nitrogens with zero attached hydrogens (tertiary/aromatic N) is 3. The fourth-order valence-electron chi connectivity index (χ4n) is 4.00. The molecule has 36 heavy (non-hydrogen) atoms. The third kappa shape index (κ3) is 5.33. The first-order valence-electron chi connectivity index (χ1n) is 11.7. The number of benzene rings is 3. The van der Waals surface area contributed by atoms with Gasteiger partial charge < -0.3 is 10.8 Å². The van der Waals surface area contributed by atoms with E-state index in [0.29, 0.717) is 6.54 Å². The van der Waals surface area contributed by atoms with Crippen molar-refractivity contribution in [2.75, 3.05) is 12.8 Å². The van der Waals surface area contributed by atoms with Gasteiger partial charge in [0.05, 0.1) is 23.4 Å². The molecular formula is C29H27N5OS. The van der Waals surface area contributed by atoms with E-state index in [4.69, 9.17) is 10.8 Å². The highest BCUT2D eigenvalue weighted by Gasteiger charge is 2.14. The fourth-order valence-corrected chi connectivity index (χ4v) is 5.01. The van der Waals surface area contributed by atoms with Crippen molar-refractivity contribution >= 4 is 40.5 Å². The molecule has 2 heterocycles. The molecule has 7 heteroatoms. The van der Waals surface area contributed by atoms with Crippen LogP contribution in [0.15, 0.2) is 101 Å². The van der Waals surface area contributed by atoms with Crippen molar-refractivity contribution in [3.05, 3.63) is 114 Å². The van der Waals surface area contributed by atoms with Crippen LogP contribution in [0.3, 0.4) is 0 Å². The quantitative estimate of drug-likeness (QED) is 0.193. The molecule has 4 N–H and O–H groups in total. The lowest BCUT2D eigenvalue weighted by molar-refractivity contribution is 0.146. The summed E-state index contributed by atoms with van der Waals surface area (Å²) in [6.45, 7) is 0.622. The molecule has 5 rings (SSSR count). The van der Waals surface area contributed by atoms with Gasteiger partial charge >= 0.3 is 0 Å². The first kappa shape index (κ1) is 23.8. The van der Waals surface area contributed by atoms with Crippen LogP contribution in [0, 0.1) is 0 Å². The number of nitrogens with two attached hydrogens (primary N) is 1. The van der Waals surface area contributed by atoms with E-state index >= 15 is 0 Å². The van der Waals surface area contributed by atoms with E-state index in [2.05, 4.69) is 28.5 Å². The minimum absolute atomic E-state index is 0.622. The molecule has 0 radical (unpaired) electrons. The predicted molar refractivity (Wildman–Crippen MR) is 147 cm³/mol. The molecule has 5 aromatic rings. The third-order valence-corrected chi connectivity index (χ3v) is 6.96. The highest BCUT2D eigenvalue weighted by Crippen LogP contribution is 2.35. The van der Waals surface area contributed by atoms with Gasteiger partial charge in [0.25, 0.3) is 0 Å². The first-order valence-corrected chi connectivity index (χ1v) is 12.5. The van der Waals surface area contributed by atoms with Crippen LogP contribution in [0.1, 0.15) is 28.7 Å². The van der Waals surface area contributed by atoms with Gasteiger partial charge in [-0.15, -0.1) is 0 Å². The Bertz CT molecular complexity index is 1500. The Balaban J connectivity index is 1.54. The van der Waals surface area contributed by atoms with Gasteiger partial charge in [-0.2, -0.15) is 5.10 Å².